The number of rotatable bonds is 9. The summed E-state index contributed by atoms with van der Waals surface area (Å²) in [5.41, 5.74) is 3.05. The first-order valence-electron chi connectivity index (χ1n) is 8.68. The van der Waals surface area contributed by atoms with E-state index in [1.807, 2.05) is 50.2 Å². The van der Waals surface area contributed by atoms with Gasteiger partial charge in [0.25, 0.3) is 0 Å². The zero-order chi connectivity index (χ0) is 19.6. The van der Waals surface area contributed by atoms with Crippen LogP contribution in [0, 0.1) is 25.2 Å². The number of benzene rings is 2. The first kappa shape index (κ1) is 20.1. The molecular formula is C21H24N2O4. The molecule has 0 aromatic heterocycles. The number of amides is 1. The van der Waals surface area contributed by atoms with Crippen molar-refractivity contribution in [3.05, 3.63) is 53.1 Å². The van der Waals surface area contributed by atoms with Gasteiger partial charge in [0.2, 0.25) is 5.91 Å². The first-order valence-corrected chi connectivity index (χ1v) is 8.68. The van der Waals surface area contributed by atoms with Crippen LogP contribution in [0.2, 0.25) is 0 Å². The van der Waals surface area contributed by atoms with Crippen molar-refractivity contribution >= 4 is 5.91 Å². The lowest BCUT2D eigenvalue weighted by Crippen LogP contribution is -2.22. The quantitative estimate of drug-likeness (QED) is 0.687. The summed E-state index contributed by atoms with van der Waals surface area (Å²) in [7, 11) is 1.56. The largest absolute Gasteiger partial charge is 0.493 e. The average Bonchev–Trinajstić information content (AvgIpc) is 2.67. The lowest BCUT2D eigenvalue weighted by molar-refractivity contribution is -0.120. The molecule has 2 rings (SSSR count). The number of aryl methyl sites for hydroxylation is 1. The van der Waals surface area contributed by atoms with Gasteiger partial charge in [0.1, 0.15) is 25.4 Å². The molecule has 2 aromatic rings. The fraction of sp³-hybridized carbons (Fsp3) is 0.333. The molecule has 0 bridgehead atoms. The molecular weight excluding hydrogens is 344 g/mol. The molecule has 0 radical (unpaired) electrons. The van der Waals surface area contributed by atoms with Gasteiger partial charge in [-0.3, -0.25) is 4.79 Å². The second-order valence-electron chi connectivity index (χ2n) is 5.96. The van der Waals surface area contributed by atoms with Gasteiger partial charge in [0.05, 0.1) is 13.2 Å². The molecule has 0 aliphatic heterocycles. The number of hydrogen-bond acceptors (Lipinski definition) is 5. The van der Waals surface area contributed by atoms with Crippen LogP contribution in [0.4, 0.5) is 0 Å². The molecule has 0 unspecified atom stereocenters. The van der Waals surface area contributed by atoms with E-state index in [9.17, 15) is 4.79 Å². The van der Waals surface area contributed by atoms with Crippen molar-refractivity contribution in [1.82, 2.24) is 5.32 Å². The van der Waals surface area contributed by atoms with Crippen LogP contribution < -0.4 is 19.5 Å². The molecule has 0 saturated heterocycles. The summed E-state index contributed by atoms with van der Waals surface area (Å²) >= 11 is 0. The summed E-state index contributed by atoms with van der Waals surface area (Å²) in [6.07, 6.45) is -0.177. The molecule has 27 heavy (non-hydrogen) atoms. The Morgan fingerprint density at radius 1 is 1.07 bits per heavy atom. The number of carbonyl (C=O) groups is 1. The van der Waals surface area contributed by atoms with Crippen molar-refractivity contribution in [2.75, 3.05) is 20.3 Å². The van der Waals surface area contributed by atoms with E-state index in [-0.39, 0.29) is 18.9 Å². The van der Waals surface area contributed by atoms with Gasteiger partial charge in [0, 0.05) is 12.1 Å². The van der Waals surface area contributed by atoms with E-state index in [4.69, 9.17) is 19.5 Å². The highest BCUT2D eigenvalue weighted by atomic mass is 16.5. The van der Waals surface area contributed by atoms with Crippen molar-refractivity contribution in [2.45, 2.75) is 26.8 Å². The van der Waals surface area contributed by atoms with Crippen LogP contribution in [0.3, 0.4) is 0 Å². The minimum atomic E-state index is -0.329. The topological polar surface area (TPSA) is 80.6 Å². The number of para-hydroxylation sites is 1. The first-order chi connectivity index (χ1) is 13.1. The van der Waals surface area contributed by atoms with Crippen LogP contribution in [-0.2, 0) is 11.3 Å². The highest BCUT2D eigenvalue weighted by Gasteiger charge is 2.12. The second kappa shape index (κ2) is 10.1. The molecule has 2 aromatic carbocycles. The van der Waals surface area contributed by atoms with Gasteiger partial charge in [-0.25, -0.2) is 0 Å². The third kappa shape index (κ3) is 5.65. The van der Waals surface area contributed by atoms with Crippen molar-refractivity contribution in [3.8, 4) is 23.3 Å². The smallest absolute Gasteiger partial charge is 0.234 e. The monoisotopic (exact) mass is 368 g/mol. The van der Waals surface area contributed by atoms with Crippen molar-refractivity contribution in [3.63, 3.8) is 0 Å². The Bertz CT molecular complexity index is 827. The fourth-order valence-electron chi connectivity index (χ4n) is 2.53. The summed E-state index contributed by atoms with van der Waals surface area (Å²) in [5, 5.41) is 11.3. The maximum Gasteiger partial charge on any atom is 0.234 e. The Balaban J connectivity index is 1.98. The Morgan fingerprint density at radius 3 is 2.52 bits per heavy atom. The van der Waals surface area contributed by atoms with E-state index in [1.54, 1.807) is 13.2 Å². The normalized spacial score (nSPS) is 10.0. The van der Waals surface area contributed by atoms with Crippen LogP contribution in [0.5, 0.6) is 17.2 Å². The molecule has 1 N–H and O–H groups in total. The molecule has 0 aliphatic rings. The van der Waals surface area contributed by atoms with Crippen molar-refractivity contribution in [1.29, 1.82) is 5.26 Å². The minimum Gasteiger partial charge on any atom is -0.493 e. The molecule has 0 heterocycles. The Kier molecular flexibility index (Phi) is 7.50. The fourth-order valence-corrected chi connectivity index (χ4v) is 2.53. The van der Waals surface area contributed by atoms with Gasteiger partial charge < -0.3 is 19.5 Å². The maximum absolute atomic E-state index is 11.5. The standard InChI is InChI=1S/C21H24N2O4/c1-15-6-4-8-18(16(15)2)26-12-13-27-21-17(7-5-9-19(21)25-3)14-23-20(24)10-11-22/h4-9H,10,12-14H2,1-3H3,(H,23,24). The van der Waals surface area contributed by atoms with E-state index in [0.717, 1.165) is 16.9 Å². The molecule has 0 atom stereocenters. The van der Waals surface area contributed by atoms with Crippen LogP contribution in [-0.4, -0.2) is 26.2 Å². The molecule has 0 fully saturated rings. The highest BCUT2D eigenvalue weighted by Crippen LogP contribution is 2.31. The molecule has 142 valence electrons. The summed E-state index contributed by atoms with van der Waals surface area (Å²) in [5.74, 6) is 1.64. The molecule has 6 heteroatoms. The lowest BCUT2D eigenvalue weighted by atomic mass is 10.1. The number of ether oxygens (including phenoxy) is 3. The summed E-state index contributed by atoms with van der Waals surface area (Å²) < 4.78 is 17.0. The summed E-state index contributed by atoms with van der Waals surface area (Å²) in [4.78, 5) is 11.5. The van der Waals surface area contributed by atoms with Gasteiger partial charge in [-0.15, -0.1) is 0 Å². The molecule has 0 spiro atoms. The van der Waals surface area contributed by atoms with E-state index >= 15 is 0 Å². The Hall–Kier alpha value is -3.20. The van der Waals surface area contributed by atoms with E-state index in [2.05, 4.69) is 5.32 Å². The highest BCUT2D eigenvalue weighted by molar-refractivity contribution is 5.78. The van der Waals surface area contributed by atoms with Crippen molar-refractivity contribution in [2.24, 2.45) is 0 Å². The SMILES string of the molecule is COc1cccc(CNC(=O)CC#N)c1OCCOc1cccc(C)c1C. The second-order valence-corrected chi connectivity index (χ2v) is 5.96. The predicted octanol–water partition coefficient (Wildman–Crippen LogP) is 3.30. The third-order valence-electron chi connectivity index (χ3n) is 4.14. The van der Waals surface area contributed by atoms with Crippen LogP contribution >= 0.6 is 0 Å². The number of hydrogen-bond donors (Lipinski definition) is 1. The van der Waals surface area contributed by atoms with Crippen molar-refractivity contribution < 1.29 is 19.0 Å². The van der Waals surface area contributed by atoms with Gasteiger partial charge in [0.15, 0.2) is 11.5 Å². The van der Waals surface area contributed by atoms with Crippen LogP contribution in [0.1, 0.15) is 23.1 Å². The van der Waals surface area contributed by atoms with E-state index in [1.165, 1.54) is 5.56 Å². The number of carbonyl (C=O) groups excluding carboxylic acids is 1. The van der Waals surface area contributed by atoms with Crippen LogP contribution in [0.25, 0.3) is 0 Å². The van der Waals surface area contributed by atoms with Crippen LogP contribution in [0.15, 0.2) is 36.4 Å². The minimum absolute atomic E-state index is 0.177. The average molecular weight is 368 g/mol. The van der Waals surface area contributed by atoms with Gasteiger partial charge >= 0.3 is 0 Å². The number of methoxy groups -OCH3 is 1. The molecule has 1 amide bonds. The van der Waals surface area contributed by atoms with Gasteiger partial charge in [-0.1, -0.05) is 24.3 Å². The zero-order valence-corrected chi connectivity index (χ0v) is 15.9. The van der Waals surface area contributed by atoms with E-state index < -0.39 is 0 Å². The molecule has 0 saturated carbocycles. The Morgan fingerprint density at radius 2 is 1.78 bits per heavy atom. The summed E-state index contributed by atoms with van der Waals surface area (Å²) in [6, 6.07) is 13.2. The molecule has 0 aliphatic carbocycles. The third-order valence-corrected chi connectivity index (χ3v) is 4.14. The number of nitrogens with one attached hydrogen (secondary N) is 1. The van der Waals surface area contributed by atoms with E-state index in [0.29, 0.717) is 24.7 Å². The molecule has 6 nitrogen and oxygen atoms in total. The summed E-state index contributed by atoms with van der Waals surface area (Å²) in [6.45, 7) is 5.02. The Labute approximate surface area is 159 Å². The number of nitriles is 1. The van der Waals surface area contributed by atoms with Gasteiger partial charge in [-0.2, -0.15) is 5.26 Å². The maximum atomic E-state index is 11.5. The van der Waals surface area contributed by atoms with Gasteiger partial charge in [-0.05, 0) is 37.1 Å². The zero-order valence-electron chi connectivity index (χ0n) is 15.9. The lowest BCUT2D eigenvalue weighted by Gasteiger charge is -2.16. The number of nitrogens with zero attached hydrogens (tertiary/aromatic N) is 1. The predicted molar refractivity (Wildman–Crippen MR) is 102 cm³/mol.